The first-order valence-electron chi connectivity index (χ1n) is 10.4. The van der Waals surface area contributed by atoms with Crippen LogP contribution in [0.4, 0.5) is 19.0 Å². The van der Waals surface area contributed by atoms with Crippen molar-refractivity contribution < 1.29 is 22.7 Å². The number of pyridine rings is 1. The number of aromatic nitrogens is 1. The van der Waals surface area contributed by atoms with Crippen molar-refractivity contribution in [1.29, 1.82) is 0 Å². The SMILES string of the molecule is CO[C@H]1CC[C@H](N2CC[C@]3(CCCN(c4ncccc4C(F)(F)F)C3)C2=O)CC1. The van der Waals surface area contributed by atoms with E-state index in [1.165, 1.54) is 12.3 Å². The minimum atomic E-state index is -4.46. The van der Waals surface area contributed by atoms with Crippen molar-refractivity contribution in [2.24, 2.45) is 5.41 Å². The summed E-state index contributed by atoms with van der Waals surface area (Å²) in [7, 11) is 1.73. The molecule has 4 rings (SSSR count). The van der Waals surface area contributed by atoms with Crippen LogP contribution in [0.3, 0.4) is 0 Å². The average molecular weight is 411 g/mol. The zero-order valence-electron chi connectivity index (χ0n) is 16.7. The Balaban J connectivity index is 1.51. The van der Waals surface area contributed by atoms with E-state index in [9.17, 15) is 18.0 Å². The molecule has 8 heteroatoms. The smallest absolute Gasteiger partial charge is 0.381 e. The summed E-state index contributed by atoms with van der Waals surface area (Å²) in [6, 6.07) is 2.61. The van der Waals surface area contributed by atoms with Gasteiger partial charge in [0.1, 0.15) is 5.82 Å². The minimum absolute atomic E-state index is 0.0501. The molecule has 0 aromatic carbocycles. The number of halogens is 3. The molecule has 29 heavy (non-hydrogen) atoms. The maximum Gasteiger partial charge on any atom is 0.419 e. The first kappa shape index (κ1) is 20.4. The summed E-state index contributed by atoms with van der Waals surface area (Å²) in [4.78, 5) is 21.1. The molecule has 2 saturated heterocycles. The largest absolute Gasteiger partial charge is 0.419 e. The summed E-state index contributed by atoms with van der Waals surface area (Å²) in [6.07, 6.45) is 3.12. The molecule has 3 heterocycles. The molecule has 1 aliphatic carbocycles. The average Bonchev–Trinajstić information content (AvgIpc) is 3.03. The van der Waals surface area contributed by atoms with E-state index in [-0.39, 0.29) is 23.9 Å². The van der Waals surface area contributed by atoms with E-state index >= 15 is 0 Å². The van der Waals surface area contributed by atoms with Gasteiger partial charge in [-0.25, -0.2) is 4.98 Å². The number of rotatable bonds is 3. The molecular formula is C21H28F3N3O2. The van der Waals surface area contributed by atoms with Crippen LogP contribution in [0.15, 0.2) is 18.3 Å². The van der Waals surface area contributed by atoms with E-state index in [0.717, 1.165) is 38.2 Å². The van der Waals surface area contributed by atoms with Gasteiger partial charge in [0.25, 0.3) is 0 Å². The number of ether oxygens (including phenoxy) is 1. The van der Waals surface area contributed by atoms with Crippen LogP contribution in [-0.2, 0) is 15.7 Å². The molecule has 0 N–H and O–H groups in total. The zero-order valence-corrected chi connectivity index (χ0v) is 16.7. The summed E-state index contributed by atoms with van der Waals surface area (Å²) >= 11 is 0. The molecule has 1 saturated carbocycles. The second-order valence-electron chi connectivity index (χ2n) is 8.59. The summed E-state index contributed by atoms with van der Waals surface area (Å²) in [5.74, 6) is 0.0680. The molecule has 0 bridgehead atoms. The Morgan fingerprint density at radius 2 is 1.93 bits per heavy atom. The van der Waals surface area contributed by atoms with Gasteiger partial charge in [0.2, 0.25) is 5.91 Å². The van der Waals surface area contributed by atoms with Gasteiger partial charge in [0.05, 0.1) is 17.1 Å². The monoisotopic (exact) mass is 411 g/mol. The molecule has 1 amide bonds. The topological polar surface area (TPSA) is 45.7 Å². The van der Waals surface area contributed by atoms with Crippen LogP contribution in [0.1, 0.15) is 50.5 Å². The van der Waals surface area contributed by atoms with Crippen molar-refractivity contribution in [3.63, 3.8) is 0 Å². The van der Waals surface area contributed by atoms with Gasteiger partial charge < -0.3 is 14.5 Å². The predicted molar refractivity (Wildman–Crippen MR) is 103 cm³/mol. The summed E-state index contributed by atoms with van der Waals surface area (Å²) in [5, 5.41) is 0. The third-order valence-electron chi connectivity index (χ3n) is 6.93. The number of likely N-dealkylation sites (tertiary alicyclic amines) is 1. The van der Waals surface area contributed by atoms with E-state index in [2.05, 4.69) is 4.98 Å². The molecule has 3 aliphatic rings. The third kappa shape index (κ3) is 3.83. The molecule has 5 nitrogen and oxygen atoms in total. The van der Waals surface area contributed by atoms with Gasteiger partial charge >= 0.3 is 6.18 Å². The number of hydrogen-bond acceptors (Lipinski definition) is 4. The fourth-order valence-corrected chi connectivity index (χ4v) is 5.35. The maximum absolute atomic E-state index is 13.5. The Labute approximate surface area is 169 Å². The first-order chi connectivity index (χ1) is 13.8. The van der Waals surface area contributed by atoms with Gasteiger partial charge in [-0.2, -0.15) is 13.2 Å². The molecule has 1 aromatic rings. The fraction of sp³-hybridized carbons (Fsp3) is 0.714. The second kappa shape index (κ2) is 7.78. The van der Waals surface area contributed by atoms with Crippen LogP contribution in [0, 0.1) is 5.41 Å². The Morgan fingerprint density at radius 3 is 2.62 bits per heavy atom. The standard InChI is InChI=1S/C21H28F3N3O2/c1-29-16-7-5-15(6-8-16)27-13-10-20(19(27)28)9-3-12-26(14-20)18-17(21(22,23)24)4-2-11-25-18/h2,4,11,15-16H,3,5-10,12-14H2,1H3/t15-,16-,20-/m0/s1. The molecule has 3 fully saturated rings. The summed E-state index contributed by atoms with van der Waals surface area (Å²) in [6.45, 7) is 1.51. The Bertz CT molecular complexity index is 749. The number of alkyl halides is 3. The van der Waals surface area contributed by atoms with Crippen LogP contribution in [-0.4, -0.2) is 54.7 Å². The minimum Gasteiger partial charge on any atom is -0.381 e. The van der Waals surface area contributed by atoms with Gasteiger partial charge in [-0.1, -0.05) is 0 Å². The van der Waals surface area contributed by atoms with Crippen molar-refractivity contribution in [3.8, 4) is 0 Å². The highest BCUT2D eigenvalue weighted by Crippen LogP contribution is 2.45. The number of carbonyl (C=O) groups is 1. The van der Waals surface area contributed by atoms with Crippen LogP contribution in [0.2, 0.25) is 0 Å². The first-order valence-corrected chi connectivity index (χ1v) is 10.4. The van der Waals surface area contributed by atoms with Gasteiger partial charge in [-0.3, -0.25) is 4.79 Å². The van der Waals surface area contributed by atoms with Crippen molar-refractivity contribution >= 4 is 11.7 Å². The van der Waals surface area contributed by atoms with Crippen LogP contribution in [0.25, 0.3) is 0 Å². The molecule has 2 aliphatic heterocycles. The Kier molecular flexibility index (Phi) is 5.48. The number of hydrogen-bond donors (Lipinski definition) is 0. The van der Waals surface area contributed by atoms with Crippen molar-refractivity contribution in [2.45, 2.75) is 63.3 Å². The summed E-state index contributed by atoms with van der Waals surface area (Å²) in [5.41, 5.74) is -1.31. The Morgan fingerprint density at radius 1 is 1.17 bits per heavy atom. The van der Waals surface area contributed by atoms with Gasteiger partial charge in [0.15, 0.2) is 0 Å². The molecule has 0 radical (unpaired) electrons. The lowest BCUT2D eigenvalue weighted by Gasteiger charge is -2.41. The van der Waals surface area contributed by atoms with Crippen molar-refractivity contribution in [3.05, 3.63) is 23.9 Å². The number of amides is 1. The number of carbonyl (C=O) groups excluding carboxylic acids is 1. The zero-order chi connectivity index (χ0) is 20.6. The quantitative estimate of drug-likeness (QED) is 0.757. The van der Waals surface area contributed by atoms with Crippen LogP contribution in [0.5, 0.6) is 0 Å². The highest BCUT2D eigenvalue weighted by atomic mass is 19.4. The normalized spacial score (nSPS) is 31.0. The molecule has 160 valence electrons. The molecule has 1 atom stereocenters. The lowest BCUT2D eigenvalue weighted by Crippen LogP contribution is -2.50. The Hall–Kier alpha value is -1.83. The number of piperidine rings is 1. The van der Waals surface area contributed by atoms with E-state index in [0.29, 0.717) is 32.5 Å². The number of methoxy groups -OCH3 is 1. The highest BCUT2D eigenvalue weighted by molar-refractivity contribution is 5.86. The van der Waals surface area contributed by atoms with E-state index in [4.69, 9.17) is 4.74 Å². The molecule has 1 spiro atoms. The summed E-state index contributed by atoms with van der Waals surface area (Å²) < 4.78 is 45.8. The predicted octanol–water partition coefficient (Wildman–Crippen LogP) is 3.88. The number of anilines is 1. The van der Waals surface area contributed by atoms with E-state index in [1.54, 1.807) is 12.0 Å². The second-order valence-corrected chi connectivity index (χ2v) is 8.59. The van der Waals surface area contributed by atoms with Crippen LogP contribution < -0.4 is 4.90 Å². The van der Waals surface area contributed by atoms with Gasteiger partial charge in [0, 0.05) is 39.0 Å². The molecule has 0 unspecified atom stereocenters. The van der Waals surface area contributed by atoms with E-state index < -0.39 is 17.2 Å². The third-order valence-corrected chi connectivity index (χ3v) is 6.93. The molecule has 1 aromatic heterocycles. The molecular weight excluding hydrogens is 383 g/mol. The fourth-order valence-electron chi connectivity index (χ4n) is 5.35. The van der Waals surface area contributed by atoms with Gasteiger partial charge in [-0.15, -0.1) is 0 Å². The van der Waals surface area contributed by atoms with Crippen molar-refractivity contribution in [1.82, 2.24) is 9.88 Å². The number of nitrogens with zero attached hydrogens (tertiary/aromatic N) is 3. The lowest BCUT2D eigenvalue weighted by atomic mass is 9.78. The van der Waals surface area contributed by atoms with Crippen LogP contribution >= 0.6 is 0 Å². The van der Waals surface area contributed by atoms with Crippen molar-refractivity contribution in [2.75, 3.05) is 31.6 Å². The van der Waals surface area contributed by atoms with E-state index in [1.807, 2.05) is 4.90 Å². The lowest BCUT2D eigenvalue weighted by molar-refractivity contribution is -0.139. The maximum atomic E-state index is 13.5. The van der Waals surface area contributed by atoms with Gasteiger partial charge in [-0.05, 0) is 57.1 Å². The highest BCUT2D eigenvalue weighted by Gasteiger charge is 2.51.